The van der Waals surface area contributed by atoms with E-state index in [2.05, 4.69) is 9.88 Å². The van der Waals surface area contributed by atoms with Gasteiger partial charge in [0.1, 0.15) is 5.75 Å². The van der Waals surface area contributed by atoms with Gasteiger partial charge < -0.3 is 19.1 Å². The smallest absolute Gasteiger partial charge is 0.230 e. The van der Waals surface area contributed by atoms with Gasteiger partial charge in [0.25, 0.3) is 0 Å². The van der Waals surface area contributed by atoms with Gasteiger partial charge in [-0.1, -0.05) is 18.2 Å². The average molecular weight is 326 g/mol. The van der Waals surface area contributed by atoms with Gasteiger partial charge in [-0.15, -0.1) is 0 Å². The summed E-state index contributed by atoms with van der Waals surface area (Å²) in [7, 11) is 2.00. The largest absolute Gasteiger partial charge is 0.493 e. The van der Waals surface area contributed by atoms with Crippen molar-refractivity contribution in [3.63, 3.8) is 0 Å². The van der Waals surface area contributed by atoms with Crippen LogP contribution in [-0.2, 0) is 11.8 Å². The standard InChI is InChI=1S/C18H22N4O2/c1-20-8-7-19-18(20)22-11-9-21(10-12-22)17(23)15-6-13-24-16-5-3-2-4-14(15)16/h2-5,7-8,15H,6,9-13H2,1H3. The molecule has 6 nitrogen and oxygen atoms in total. The van der Waals surface area contributed by atoms with Gasteiger partial charge >= 0.3 is 0 Å². The van der Waals surface area contributed by atoms with Gasteiger partial charge in [-0.05, 0) is 12.5 Å². The van der Waals surface area contributed by atoms with Crippen LogP contribution < -0.4 is 9.64 Å². The molecule has 0 spiro atoms. The van der Waals surface area contributed by atoms with Crippen molar-refractivity contribution in [1.82, 2.24) is 14.5 Å². The molecule has 0 aliphatic carbocycles. The van der Waals surface area contributed by atoms with E-state index in [9.17, 15) is 4.79 Å². The summed E-state index contributed by atoms with van der Waals surface area (Å²) in [4.78, 5) is 21.6. The number of anilines is 1. The number of rotatable bonds is 2. The first-order valence-corrected chi connectivity index (χ1v) is 8.47. The first-order chi connectivity index (χ1) is 11.7. The van der Waals surface area contributed by atoms with E-state index in [-0.39, 0.29) is 11.8 Å². The van der Waals surface area contributed by atoms with Crippen LogP contribution in [0.5, 0.6) is 5.75 Å². The van der Waals surface area contributed by atoms with E-state index in [1.807, 2.05) is 53.2 Å². The number of carbonyl (C=O) groups excluding carboxylic acids is 1. The van der Waals surface area contributed by atoms with Crippen molar-refractivity contribution in [2.45, 2.75) is 12.3 Å². The van der Waals surface area contributed by atoms with Crippen LogP contribution in [0.2, 0.25) is 0 Å². The minimum Gasteiger partial charge on any atom is -0.493 e. The Labute approximate surface area is 141 Å². The highest BCUT2D eigenvalue weighted by atomic mass is 16.5. The topological polar surface area (TPSA) is 50.6 Å². The molecule has 1 unspecified atom stereocenters. The van der Waals surface area contributed by atoms with Crippen LogP contribution in [0.1, 0.15) is 17.9 Å². The lowest BCUT2D eigenvalue weighted by atomic mass is 9.91. The lowest BCUT2D eigenvalue weighted by Crippen LogP contribution is -2.51. The molecule has 0 radical (unpaired) electrons. The van der Waals surface area contributed by atoms with Gasteiger partial charge in [-0.3, -0.25) is 4.79 Å². The number of aryl methyl sites for hydroxylation is 1. The van der Waals surface area contributed by atoms with Crippen molar-refractivity contribution in [3.8, 4) is 5.75 Å². The van der Waals surface area contributed by atoms with E-state index in [1.165, 1.54) is 0 Å². The number of piperazine rings is 1. The Morgan fingerprint density at radius 3 is 2.75 bits per heavy atom. The molecule has 2 aromatic rings. The molecule has 0 N–H and O–H groups in total. The summed E-state index contributed by atoms with van der Waals surface area (Å²) in [6.45, 7) is 3.74. The number of imidazole rings is 1. The molecular weight excluding hydrogens is 304 g/mol. The molecule has 1 aromatic carbocycles. The second kappa shape index (κ2) is 6.19. The van der Waals surface area contributed by atoms with Crippen LogP contribution in [-0.4, -0.2) is 53.1 Å². The average Bonchev–Trinajstić information content (AvgIpc) is 3.07. The number of aromatic nitrogens is 2. The number of hydrogen-bond acceptors (Lipinski definition) is 4. The number of para-hydroxylation sites is 1. The molecule has 6 heteroatoms. The zero-order valence-corrected chi connectivity index (χ0v) is 13.9. The maximum absolute atomic E-state index is 13.0. The fourth-order valence-corrected chi connectivity index (χ4v) is 3.61. The number of benzene rings is 1. The fourth-order valence-electron chi connectivity index (χ4n) is 3.61. The van der Waals surface area contributed by atoms with Crippen LogP contribution >= 0.6 is 0 Å². The van der Waals surface area contributed by atoms with Gasteiger partial charge in [-0.2, -0.15) is 0 Å². The SMILES string of the molecule is Cn1ccnc1N1CCN(C(=O)C2CCOc3ccccc32)CC1. The molecule has 0 saturated carbocycles. The molecule has 4 rings (SSSR count). The minimum atomic E-state index is -0.0744. The second-order valence-corrected chi connectivity index (χ2v) is 6.38. The number of fused-ring (bicyclic) bond motifs is 1. The van der Waals surface area contributed by atoms with Crippen molar-refractivity contribution in [1.29, 1.82) is 0 Å². The number of ether oxygens (including phenoxy) is 1. The third kappa shape index (κ3) is 2.62. The Kier molecular flexibility index (Phi) is 3.88. The molecule has 1 atom stereocenters. The summed E-state index contributed by atoms with van der Waals surface area (Å²) >= 11 is 0. The van der Waals surface area contributed by atoms with E-state index in [0.29, 0.717) is 6.61 Å². The molecular formula is C18H22N4O2. The predicted molar refractivity (Wildman–Crippen MR) is 91.3 cm³/mol. The Bertz CT molecular complexity index is 734. The highest BCUT2D eigenvalue weighted by Crippen LogP contribution is 2.34. The summed E-state index contributed by atoms with van der Waals surface area (Å²) in [5.41, 5.74) is 1.03. The van der Waals surface area contributed by atoms with Crippen molar-refractivity contribution in [2.75, 3.05) is 37.7 Å². The quantitative estimate of drug-likeness (QED) is 0.842. The third-order valence-electron chi connectivity index (χ3n) is 4.93. The third-order valence-corrected chi connectivity index (χ3v) is 4.93. The molecule has 2 aliphatic heterocycles. The highest BCUT2D eigenvalue weighted by molar-refractivity contribution is 5.85. The maximum Gasteiger partial charge on any atom is 0.230 e. The first-order valence-electron chi connectivity index (χ1n) is 8.47. The van der Waals surface area contributed by atoms with Crippen LogP contribution in [0.15, 0.2) is 36.7 Å². The number of hydrogen-bond donors (Lipinski definition) is 0. The Balaban J connectivity index is 1.45. The number of nitrogens with zero attached hydrogens (tertiary/aromatic N) is 4. The summed E-state index contributed by atoms with van der Waals surface area (Å²) in [5, 5.41) is 0. The van der Waals surface area contributed by atoms with Crippen molar-refractivity contribution >= 4 is 11.9 Å². The van der Waals surface area contributed by atoms with Crippen molar-refractivity contribution in [2.24, 2.45) is 7.05 Å². The lowest BCUT2D eigenvalue weighted by Gasteiger charge is -2.37. The van der Waals surface area contributed by atoms with E-state index in [4.69, 9.17) is 4.74 Å². The molecule has 1 aromatic heterocycles. The van der Waals surface area contributed by atoms with E-state index < -0.39 is 0 Å². The molecule has 1 saturated heterocycles. The van der Waals surface area contributed by atoms with Gasteiger partial charge in [0.15, 0.2) is 0 Å². The lowest BCUT2D eigenvalue weighted by molar-refractivity contribution is -0.133. The van der Waals surface area contributed by atoms with Gasteiger partial charge in [0.2, 0.25) is 11.9 Å². The normalized spacial score (nSPS) is 20.5. The molecule has 24 heavy (non-hydrogen) atoms. The summed E-state index contributed by atoms with van der Waals surface area (Å²) in [6, 6.07) is 7.90. The summed E-state index contributed by atoms with van der Waals surface area (Å²) < 4.78 is 7.70. The molecule has 126 valence electrons. The Hall–Kier alpha value is -2.50. The van der Waals surface area contributed by atoms with Crippen LogP contribution in [0.4, 0.5) is 5.95 Å². The fraction of sp³-hybridized carbons (Fsp3) is 0.444. The second-order valence-electron chi connectivity index (χ2n) is 6.38. The Morgan fingerprint density at radius 1 is 1.21 bits per heavy atom. The first kappa shape index (κ1) is 15.1. The van der Waals surface area contributed by atoms with E-state index >= 15 is 0 Å². The predicted octanol–water partition coefficient (Wildman–Crippen LogP) is 1.64. The van der Waals surface area contributed by atoms with Gasteiger partial charge in [-0.25, -0.2) is 4.98 Å². The monoisotopic (exact) mass is 326 g/mol. The zero-order chi connectivity index (χ0) is 16.5. The molecule has 1 fully saturated rings. The van der Waals surface area contributed by atoms with Crippen molar-refractivity contribution in [3.05, 3.63) is 42.2 Å². The van der Waals surface area contributed by atoms with E-state index in [1.54, 1.807) is 0 Å². The number of carbonyl (C=O) groups is 1. The van der Waals surface area contributed by atoms with Crippen LogP contribution in [0, 0.1) is 0 Å². The maximum atomic E-state index is 13.0. The zero-order valence-electron chi connectivity index (χ0n) is 13.9. The van der Waals surface area contributed by atoms with Crippen LogP contribution in [0.3, 0.4) is 0 Å². The number of amides is 1. The molecule has 1 amide bonds. The van der Waals surface area contributed by atoms with Crippen LogP contribution in [0.25, 0.3) is 0 Å². The summed E-state index contributed by atoms with van der Waals surface area (Å²) in [5.74, 6) is 1.98. The van der Waals surface area contributed by atoms with Gasteiger partial charge in [0.05, 0.1) is 12.5 Å². The molecule has 3 heterocycles. The van der Waals surface area contributed by atoms with E-state index in [0.717, 1.165) is 49.9 Å². The molecule has 0 bridgehead atoms. The molecule has 2 aliphatic rings. The van der Waals surface area contributed by atoms with Crippen molar-refractivity contribution < 1.29 is 9.53 Å². The minimum absolute atomic E-state index is 0.0744. The Morgan fingerprint density at radius 2 is 2.00 bits per heavy atom. The highest BCUT2D eigenvalue weighted by Gasteiger charge is 2.32. The summed E-state index contributed by atoms with van der Waals surface area (Å²) in [6.07, 6.45) is 4.52. The van der Waals surface area contributed by atoms with Gasteiger partial charge in [0, 0.05) is 51.2 Å².